The number of ether oxygens (including phenoxy) is 1. The zero-order valence-electron chi connectivity index (χ0n) is 16.7. The monoisotopic (exact) mass is 545 g/mol. The molecule has 0 fully saturated rings. The molecular weight excluding hydrogens is 531 g/mol. The van der Waals surface area contributed by atoms with Gasteiger partial charge in [0, 0.05) is 23.4 Å². The number of fused-ring (bicyclic) bond motifs is 1. The molecular formula is C19H15BrF3N5O4S. The van der Waals surface area contributed by atoms with E-state index in [9.17, 15) is 28.1 Å². The molecule has 1 aliphatic rings. The highest BCUT2D eigenvalue weighted by atomic mass is 79.9. The molecule has 0 saturated heterocycles. The van der Waals surface area contributed by atoms with Crippen molar-refractivity contribution in [3.05, 3.63) is 60.9 Å². The predicted molar refractivity (Wildman–Crippen MR) is 118 cm³/mol. The lowest BCUT2D eigenvalue weighted by atomic mass is 10.0. The van der Waals surface area contributed by atoms with Crippen LogP contribution >= 0.6 is 27.3 Å². The van der Waals surface area contributed by atoms with Crippen molar-refractivity contribution in [3.63, 3.8) is 0 Å². The van der Waals surface area contributed by atoms with E-state index in [-0.39, 0.29) is 39.5 Å². The van der Waals surface area contributed by atoms with Gasteiger partial charge in [-0.3, -0.25) is 14.9 Å². The van der Waals surface area contributed by atoms with Crippen LogP contribution in [-0.2, 0) is 0 Å². The Labute approximate surface area is 196 Å². The Morgan fingerprint density at radius 3 is 2.79 bits per heavy atom. The molecule has 0 unspecified atom stereocenters. The summed E-state index contributed by atoms with van der Waals surface area (Å²) in [5.74, 6) is -0.703. The molecule has 1 amide bonds. The molecule has 1 aliphatic heterocycles. The van der Waals surface area contributed by atoms with Crippen molar-refractivity contribution in [3.8, 4) is 5.75 Å². The number of nitro benzene ring substituents is 1. The summed E-state index contributed by atoms with van der Waals surface area (Å²) >= 11 is 4.52. The van der Waals surface area contributed by atoms with Crippen LogP contribution in [0.15, 0.2) is 40.2 Å². The van der Waals surface area contributed by atoms with Gasteiger partial charge in [-0.1, -0.05) is 6.07 Å². The Kier molecular flexibility index (Phi) is 6.05. The van der Waals surface area contributed by atoms with Crippen LogP contribution < -0.4 is 15.4 Å². The van der Waals surface area contributed by atoms with E-state index in [1.54, 1.807) is 17.5 Å². The molecule has 2 atom stereocenters. The molecule has 33 heavy (non-hydrogen) atoms. The van der Waals surface area contributed by atoms with Gasteiger partial charge in [0.1, 0.15) is 11.6 Å². The lowest BCUT2D eigenvalue weighted by Gasteiger charge is -2.33. The van der Waals surface area contributed by atoms with Crippen molar-refractivity contribution in [2.24, 2.45) is 0 Å². The van der Waals surface area contributed by atoms with Gasteiger partial charge in [-0.05, 0) is 27.4 Å². The first-order chi connectivity index (χ1) is 15.6. The van der Waals surface area contributed by atoms with E-state index in [1.807, 2.05) is 0 Å². The van der Waals surface area contributed by atoms with E-state index in [4.69, 9.17) is 4.74 Å². The molecule has 2 N–H and O–H groups in total. The van der Waals surface area contributed by atoms with E-state index in [0.29, 0.717) is 0 Å². The van der Waals surface area contributed by atoms with Crippen LogP contribution in [0.25, 0.3) is 0 Å². The number of methoxy groups -OCH3 is 1. The molecule has 4 rings (SSSR count). The molecule has 9 nitrogen and oxygen atoms in total. The van der Waals surface area contributed by atoms with Gasteiger partial charge in [0.25, 0.3) is 11.6 Å². The normalized spacial score (nSPS) is 17.7. The van der Waals surface area contributed by atoms with E-state index in [0.717, 1.165) is 15.6 Å². The highest BCUT2D eigenvalue weighted by molar-refractivity contribution is 9.10. The summed E-state index contributed by atoms with van der Waals surface area (Å²) in [6.45, 7) is 0. The number of nitro groups is 1. The first kappa shape index (κ1) is 23.0. The third-order valence-corrected chi connectivity index (χ3v) is 6.73. The summed E-state index contributed by atoms with van der Waals surface area (Å²) in [5, 5.41) is 22.3. The van der Waals surface area contributed by atoms with Crippen LogP contribution in [0.1, 0.15) is 33.9 Å². The number of aromatic nitrogens is 2. The van der Waals surface area contributed by atoms with Crippen molar-refractivity contribution in [1.82, 2.24) is 9.78 Å². The molecule has 174 valence electrons. The van der Waals surface area contributed by atoms with Crippen molar-refractivity contribution >= 4 is 50.4 Å². The molecule has 3 aromatic rings. The lowest BCUT2D eigenvalue weighted by Crippen LogP contribution is -2.35. The maximum Gasteiger partial charge on any atom is 0.410 e. The summed E-state index contributed by atoms with van der Waals surface area (Å²) in [6, 6.07) is 4.54. The number of nitrogens with one attached hydrogen (secondary N) is 2. The minimum absolute atomic E-state index is 0.0174. The van der Waals surface area contributed by atoms with Gasteiger partial charge in [-0.2, -0.15) is 18.3 Å². The molecule has 0 bridgehead atoms. The minimum atomic E-state index is -4.60. The first-order valence-electron chi connectivity index (χ1n) is 9.38. The summed E-state index contributed by atoms with van der Waals surface area (Å²) in [5.41, 5.74) is -0.602. The zero-order chi connectivity index (χ0) is 23.9. The Bertz CT molecular complexity index is 1210. The Morgan fingerprint density at radius 1 is 1.42 bits per heavy atom. The number of alkyl halides is 3. The van der Waals surface area contributed by atoms with Crippen LogP contribution in [-0.4, -0.2) is 33.9 Å². The summed E-state index contributed by atoms with van der Waals surface area (Å²) in [7, 11) is 1.30. The number of non-ortho nitro benzene ring substituents is 1. The van der Waals surface area contributed by atoms with Crippen LogP contribution in [0.4, 0.5) is 30.4 Å². The summed E-state index contributed by atoms with van der Waals surface area (Å²) in [4.78, 5) is 24.0. The number of carbonyl (C=O) groups is 1. The molecule has 1 aromatic carbocycles. The van der Waals surface area contributed by atoms with E-state index in [2.05, 4.69) is 31.7 Å². The average Bonchev–Trinajstić information content (AvgIpc) is 3.40. The van der Waals surface area contributed by atoms with Gasteiger partial charge >= 0.3 is 6.18 Å². The maximum atomic E-state index is 13.8. The quantitative estimate of drug-likeness (QED) is 0.321. The number of hydrogen-bond donors (Lipinski definition) is 2. The van der Waals surface area contributed by atoms with Crippen LogP contribution in [0.3, 0.4) is 0 Å². The fourth-order valence-electron chi connectivity index (χ4n) is 3.48. The number of hydrogen-bond acceptors (Lipinski definition) is 7. The van der Waals surface area contributed by atoms with Gasteiger partial charge in [0.15, 0.2) is 11.7 Å². The highest BCUT2D eigenvalue weighted by Gasteiger charge is 2.48. The molecule has 14 heteroatoms. The molecule has 0 radical (unpaired) electrons. The number of anilines is 2. The van der Waals surface area contributed by atoms with Crippen LogP contribution in [0.5, 0.6) is 5.75 Å². The minimum Gasteiger partial charge on any atom is -0.496 e. The van der Waals surface area contributed by atoms with Crippen LogP contribution in [0, 0.1) is 10.1 Å². The van der Waals surface area contributed by atoms with Gasteiger partial charge < -0.3 is 15.4 Å². The average molecular weight is 546 g/mol. The summed E-state index contributed by atoms with van der Waals surface area (Å²) in [6.07, 6.45) is -4.90. The summed E-state index contributed by atoms with van der Waals surface area (Å²) < 4.78 is 47.3. The van der Waals surface area contributed by atoms with Crippen molar-refractivity contribution in [1.29, 1.82) is 0 Å². The van der Waals surface area contributed by atoms with Gasteiger partial charge in [0.2, 0.25) is 0 Å². The van der Waals surface area contributed by atoms with Gasteiger partial charge in [0.05, 0.1) is 34.3 Å². The first-order valence-corrected chi connectivity index (χ1v) is 11.0. The van der Waals surface area contributed by atoms with E-state index >= 15 is 0 Å². The Balaban J connectivity index is 1.69. The largest absolute Gasteiger partial charge is 0.496 e. The highest BCUT2D eigenvalue weighted by Crippen LogP contribution is 2.47. The molecule has 3 heterocycles. The Hall–Kier alpha value is -3.13. The molecule has 2 aromatic heterocycles. The van der Waals surface area contributed by atoms with Crippen LogP contribution in [0.2, 0.25) is 0 Å². The lowest BCUT2D eigenvalue weighted by molar-refractivity contribution is -0.384. The smallest absolute Gasteiger partial charge is 0.410 e. The fraction of sp³-hybridized carbons (Fsp3) is 0.263. The van der Waals surface area contributed by atoms with Gasteiger partial charge in [-0.15, -0.1) is 11.3 Å². The number of carbonyl (C=O) groups excluding carboxylic acids is 1. The second-order valence-corrected chi connectivity index (χ2v) is 8.86. The fourth-order valence-corrected chi connectivity index (χ4v) is 4.83. The number of nitrogens with zero attached hydrogens (tertiary/aromatic N) is 3. The molecule has 0 saturated carbocycles. The second-order valence-electron chi connectivity index (χ2n) is 7.09. The molecule has 0 aliphatic carbocycles. The van der Waals surface area contributed by atoms with E-state index < -0.39 is 29.1 Å². The third-order valence-electron chi connectivity index (χ3n) is 4.99. The Morgan fingerprint density at radius 2 is 2.18 bits per heavy atom. The van der Waals surface area contributed by atoms with Gasteiger partial charge in [-0.25, -0.2) is 4.68 Å². The second kappa shape index (κ2) is 8.67. The molecule has 0 spiro atoms. The number of halogens is 4. The standard InChI is InChI=1S/C19H15BrF3N5O4S/c1-32-11-6-9(5-10(7-11)28(30)31)24-18(29)16-15(20)17-25-12(13-3-2-4-33-13)8-14(19(21,22)23)27(17)26-16/h2-7,12,14,25H,8H2,1H3,(H,24,29)/t12-,14+/m0/s1. The SMILES string of the molecule is COc1cc(NC(=O)c2nn3c(c2Br)N[C@H](c2cccs2)C[C@@H]3C(F)(F)F)cc([N+](=O)[O-])c1. The number of rotatable bonds is 5. The topological polar surface area (TPSA) is 111 Å². The van der Waals surface area contributed by atoms with Crippen molar-refractivity contribution in [2.45, 2.75) is 24.7 Å². The van der Waals surface area contributed by atoms with Crippen molar-refractivity contribution < 1.29 is 27.6 Å². The maximum absolute atomic E-state index is 13.8. The van der Waals surface area contributed by atoms with Crippen molar-refractivity contribution in [2.75, 3.05) is 17.7 Å². The number of benzene rings is 1. The number of thiophene rings is 1. The zero-order valence-corrected chi connectivity index (χ0v) is 19.1. The predicted octanol–water partition coefficient (Wildman–Crippen LogP) is 5.54. The third kappa shape index (κ3) is 4.53. The van der Waals surface area contributed by atoms with E-state index in [1.165, 1.54) is 30.6 Å². The number of amides is 1.